The number of nitrogens with zero attached hydrogens (tertiary/aromatic N) is 2. The Hall–Kier alpha value is -2.08. The minimum Gasteiger partial charge on any atom is -0.473 e. The molecule has 6 nitrogen and oxygen atoms in total. The molecule has 1 fully saturated rings. The number of carbonyl (C=O) groups is 2. The fourth-order valence-corrected chi connectivity index (χ4v) is 2.76. The molecule has 0 aliphatic carbocycles. The molecule has 1 aromatic rings. The van der Waals surface area contributed by atoms with E-state index in [4.69, 9.17) is 22.1 Å². The molecule has 1 aliphatic rings. The van der Waals surface area contributed by atoms with Crippen LogP contribution < -0.4 is 10.5 Å². The molecule has 1 saturated heterocycles. The molecule has 1 aromatic heterocycles. The van der Waals surface area contributed by atoms with Gasteiger partial charge in [0.15, 0.2) is 5.69 Å². The molecule has 0 saturated carbocycles. The van der Waals surface area contributed by atoms with E-state index in [0.29, 0.717) is 37.0 Å². The van der Waals surface area contributed by atoms with Gasteiger partial charge < -0.3 is 15.4 Å². The van der Waals surface area contributed by atoms with Gasteiger partial charge in [-0.2, -0.15) is 0 Å². The van der Waals surface area contributed by atoms with Crippen molar-refractivity contribution in [2.45, 2.75) is 19.3 Å². The topological polar surface area (TPSA) is 85.5 Å². The number of halogens is 1. The first-order valence-corrected chi connectivity index (χ1v) is 7.87. The number of pyridine rings is 1. The quantitative estimate of drug-likeness (QED) is 0.805. The predicted molar refractivity (Wildman–Crippen MR) is 87.4 cm³/mol. The molecule has 1 aliphatic heterocycles. The fraction of sp³-hybridized carbons (Fsp3) is 0.438. The first kappa shape index (κ1) is 17.3. The summed E-state index contributed by atoms with van der Waals surface area (Å²) in [5.41, 5.74) is 5.40. The number of likely N-dealkylation sites (tertiary alicyclic amines) is 1. The van der Waals surface area contributed by atoms with E-state index >= 15 is 0 Å². The van der Waals surface area contributed by atoms with Crippen LogP contribution in [-0.2, 0) is 4.79 Å². The van der Waals surface area contributed by atoms with E-state index in [-0.39, 0.29) is 23.4 Å². The number of carbonyl (C=O) groups excluding carboxylic acids is 2. The second-order valence-corrected chi connectivity index (χ2v) is 5.89. The highest BCUT2D eigenvalue weighted by Crippen LogP contribution is 2.24. The first-order valence-electron chi connectivity index (χ1n) is 7.49. The third kappa shape index (κ3) is 4.69. The van der Waals surface area contributed by atoms with Crippen LogP contribution in [0.3, 0.4) is 0 Å². The average Bonchev–Trinajstić information content (AvgIpc) is 2.53. The molecule has 0 atom stereocenters. The molecular formula is C16H20ClN3O3. The summed E-state index contributed by atoms with van der Waals surface area (Å²) in [5.74, 6) is 0.0478. The van der Waals surface area contributed by atoms with E-state index in [9.17, 15) is 9.59 Å². The molecule has 0 bridgehead atoms. The maximum atomic E-state index is 12.6. The summed E-state index contributed by atoms with van der Waals surface area (Å²) in [6.45, 7) is 5.00. The van der Waals surface area contributed by atoms with Gasteiger partial charge in [0.25, 0.3) is 5.91 Å². The van der Waals surface area contributed by atoms with Crippen molar-refractivity contribution < 1.29 is 14.3 Å². The molecular weight excluding hydrogens is 318 g/mol. The standard InChI is InChI=1S/C16H20ClN3O3/c1-2-9-23-14-4-3-12(17)15(19-14)16(22)20-7-5-11(6-8-20)10-13(18)21/h2-4,11H,1,5-10H2,(H2,18,21). The number of hydrogen-bond acceptors (Lipinski definition) is 4. The van der Waals surface area contributed by atoms with Crippen LogP contribution in [0.5, 0.6) is 5.88 Å². The second-order valence-electron chi connectivity index (χ2n) is 5.49. The maximum absolute atomic E-state index is 12.6. The molecule has 0 radical (unpaired) electrons. The lowest BCUT2D eigenvalue weighted by atomic mass is 9.93. The van der Waals surface area contributed by atoms with E-state index in [1.807, 2.05) is 0 Å². The zero-order chi connectivity index (χ0) is 16.8. The Morgan fingerprint density at radius 2 is 2.13 bits per heavy atom. The number of hydrogen-bond donors (Lipinski definition) is 1. The van der Waals surface area contributed by atoms with E-state index in [1.54, 1.807) is 23.1 Å². The lowest BCUT2D eigenvalue weighted by Gasteiger charge is -2.31. The van der Waals surface area contributed by atoms with Gasteiger partial charge in [-0.25, -0.2) is 4.98 Å². The number of ether oxygens (including phenoxy) is 1. The molecule has 0 aromatic carbocycles. The van der Waals surface area contributed by atoms with Gasteiger partial charge in [0.1, 0.15) is 6.61 Å². The van der Waals surface area contributed by atoms with Gasteiger partial charge in [-0.3, -0.25) is 9.59 Å². The van der Waals surface area contributed by atoms with Crippen molar-refractivity contribution >= 4 is 23.4 Å². The van der Waals surface area contributed by atoms with Crippen LogP contribution in [-0.4, -0.2) is 41.4 Å². The van der Waals surface area contributed by atoms with E-state index < -0.39 is 0 Å². The lowest BCUT2D eigenvalue weighted by molar-refractivity contribution is -0.119. The number of nitrogens with two attached hydrogens (primary N) is 1. The van der Waals surface area contributed by atoms with Crippen LogP contribution in [0.1, 0.15) is 29.8 Å². The molecule has 7 heteroatoms. The number of amides is 2. The molecule has 2 N–H and O–H groups in total. The van der Waals surface area contributed by atoms with Gasteiger partial charge in [0.05, 0.1) is 5.02 Å². The Morgan fingerprint density at radius 1 is 1.43 bits per heavy atom. The Bertz CT molecular complexity index is 598. The zero-order valence-electron chi connectivity index (χ0n) is 12.8. The Balaban J connectivity index is 2.03. The molecule has 0 unspecified atom stereocenters. The third-order valence-corrected chi connectivity index (χ3v) is 4.07. The predicted octanol–water partition coefficient (Wildman–Crippen LogP) is 2.03. The Morgan fingerprint density at radius 3 is 2.74 bits per heavy atom. The van der Waals surface area contributed by atoms with Crippen molar-refractivity contribution in [3.63, 3.8) is 0 Å². The zero-order valence-corrected chi connectivity index (χ0v) is 13.6. The number of primary amides is 1. The summed E-state index contributed by atoms with van der Waals surface area (Å²) < 4.78 is 5.34. The summed E-state index contributed by atoms with van der Waals surface area (Å²) in [4.78, 5) is 29.4. The summed E-state index contributed by atoms with van der Waals surface area (Å²) in [5, 5.41) is 0.292. The van der Waals surface area contributed by atoms with Gasteiger partial charge in [-0.15, -0.1) is 0 Å². The summed E-state index contributed by atoms with van der Waals surface area (Å²) in [6.07, 6.45) is 3.46. The van der Waals surface area contributed by atoms with Crippen molar-refractivity contribution in [3.05, 3.63) is 35.5 Å². The molecule has 23 heavy (non-hydrogen) atoms. The fourth-order valence-electron chi connectivity index (χ4n) is 2.57. The van der Waals surface area contributed by atoms with Crippen molar-refractivity contribution in [3.8, 4) is 5.88 Å². The van der Waals surface area contributed by atoms with Gasteiger partial charge in [0, 0.05) is 25.6 Å². The summed E-state index contributed by atoms with van der Waals surface area (Å²) in [6, 6.07) is 3.21. The molecule has 2 rings (SSSR count). The van der Waals surface area contributed by atoms with Gasteiger partial charge in [-0.1, -0.05) is 24.3 Å². The molecule has 2 amide bonds. The summed E-state index contributed by atoms with van der Waals surface area (Å²) in [7, 11) is 0. The monoisotopic (exact) mass is 337 g/mol. The second kappa shape index (κ2) is 7.97. The smallest absolute Gasteiger partial charge is 0.274 e. The first-order chi connectivity index (χ1) is 11.0. The van der Waals surface area contributed by atoms with E-state index in [1.165, 1.54) is 0 Å². The minimum atomic E-state index is -0.299. The normalized spacial score (nSPS) is 15.3. The number of aromatic nitrogens is 1. The Kier molecular flexibility index (Phi) is 5.98. The van der Waals surface area contributed by atoms with Crippen LogP contribution in [0.4, 0.5) is 0 Å². The largest absolute Gasteiger partial charge is 0.473 e. The van der Waals surface area contributed by atoms with Crippen LogP contribution >= 0.6 is 11.6 Å². The van der Waals surface area contributed by atoms with E-state index in [2.05, 4.69) is 11.6 Å². The van der Waals surface area contributed by atoms with Crippen molar-refractivity contribution in [1.29, 1.82) is 0 Å². The van der Waals surface area contributed by atoms with Crippen LogP contribution in [0.2, 0.25) is 5.02 Å². The van der Waals surface area contributed by atoms with Crippen molar-refractivity contribution in [2.24, 2.45) is 11.7 Å². The highest BCUT2D eigenvalue weighted by atomic mass is 35.5. The molecule has 0 spiro atoms. The maximum Gasteiger partial charge on any atom is 0.274 e. The minimum absolute atomic E-state index is 0.182. The van der Waals surface area contributed by atoms with Gasteiger partial charge in [0.2, 0.25) is 11.8 Å². The highest BCUT2D eigenvalue weighted by Gasteiger charge is 2.26. The molecule has 2 heterocycles. The lowest BCUT2D eigenvalue weighted by Crippen LogP contribution is -2.39. The van der Waals surface area contributed by atoms with Crippen LogP contribution in [0.15, 0.2) is 24.8 Å². The third-order valence-electron chi connectivity index (χ3n) is 3.76. The summed E-state index contributed by atoms with van der Waals surface area (Å²) >= 11 is 6.09. The van der Waals surface area contributed by atoms with Crippen molar-refractivity contribution in [1.82, 2.24) is 9.88 Å². The number of rotatable bonds is 6. The van der Waals surface area contributed by atoms with Crippen LogP contribution in [0.25, 0.3) is 0 Å². The average molecular weight is 338 g/mol. The van der Waals surface area contributed by atoms with Crippen LogP contribution in [0, 0.1) is 5.92 Å². The Labute approximate surface area is 140 Å². The van der Waals surface area contributed by atoms with E-state index in [0.717, 1.165) is 12.8 Å². The number of piperidine rings is 1. The highest BCUT2D eigenvalue weighted by molar-refractivity contribution is 6.33. The van der Waals surface area contributed by atoms with Gasteiger partial charge in [-0.05, 0) is 24.8 Å². The van der Waals surface area contributed by atoms with Crippen molar-refractivity contribution in [2.75, 3.05) is 19.7 Å². The van der Waals surface area contributed by atoms with Gasteiger partial charge >= 0.3 is 0 Å². The SMILES string of the molecule is C=CCOc1ccc(Cl)c(C(=O)N2CCC(CC(N)=O)CC2)n1. The molecule has 124 valence electrons.